The average molecular weight is 192 g/mol. The number of carbonyl (C=O) groups is 1. The lowest BCUT2D eigenvalue weighted by Gasteiger charge is -2.17. The number of Topliss-reactive ketones (excluding diaryl/α,β-unsaturated/α-hetero) is 1. The van der Waals surface area contributed by atoms with Gasteiger partial charge in [-0.1, -0.05) is 20.8 Å². The average Bonchev–Trinajstić information content (AvgIpc) is 2.20. The molecule has 0 aromatic carbocycles. The van der Waals surface area contributed by atoms with Crippen molar-refractivity contribution in [2.75, 3.05) is 0 Å². The Hall–Kier alpha value is -1.25. The van der Waals surface area contributed by atoms with Crippen molar-refractivity contribution in [2.45, 2.75) is 33.6 Å². The maximum absolute atomic E-state index is 11.4. The highest BCUT2D eigenvalue weighted by atomic mass is 16.1. The van der Waals surface area contributed by atoms with Gasteiger partial charge in [0.2, 0.25) is 0 Å². The first-order chi connectivity index (χ1) is 6.77. The van der Waals surface area contributed by atoms with Gasteiger partial charge in [-0.3, -0.25) is 4.79 Å². The lowest BCUT2D eigenvalue weighted by atomic mass is 9.88. The highest BCUT2D eigenvalue weighted by Gasteiger charge is 2.22. The van der Waals surface area contributed by atoms with Gasteiger partial charge in [0.1, 0.15) is 0 Å². The summed E-state index contributed by atoms with van der Waals surface area (Å²) in [5.41, 5.74) is 1.63. The molecule has 0 spiro atoms. The third-order valence-corrected chi connectivity index (χ3v) is 2.17. The molecule has 0 amide bonds. The van der Waals surface area contributed by atoms with Gasteiger partial charge in [-0.15, -0.1) is 0 Å². The Bertz CT molecular complexity index is 323. The number of carbonyl (C=O) groups excluding carboxylic acids is 1. The summed E-state index contributed by atoms with van der Waals surface area (Å²) in [4.78, 5) is 11.4. The first-order valence-corrected chi connectivity index (χ1v) is 5.11. The van der Waals surface area contributed by atoms with Crippen molar-refractivity contribution in [1.82, 2.24) is 10.2 Å². The summed E-state index contributed by atoms with van der Waals surface area (Å²) in [7, 11) is 0. The molecular weight excluding hydrogens is 176 g/mol. The van der Waals surface area contributed by atoms with E-state index in [9.17, 15) is 4.79 Å². The minimum absolute atomic E-state index is 0.207. The Morgan fingerprint density at radius 3 is 2.79 bits per heavy atom. The van der Waals surface area contributed by atoms with E-state index in [0.717, 1.165) is 17.7 Å². The number of hydrogen-bond donors (Lipinski definition) is 0. The molecule has 1 heterocycles. The molecule has 0 saturated heterocycles. The number of ketones is 1. The van der Waals surface area contributed by atoms with Crippen molar-refractivity contribution < 1.29 is 4.79 Å². The molecule has 0 bridgehead atoms. The molecule has 0 radical (unpaired) electrons. The standard InChI is InChI=1S/C9H10N2O.C2H6/c1-6-4-8-7(9(12)5-6)2-3-10-11-8;1-2/h2-3,6H,4-5H2,1H3;1-2H3. The Balaban J connectivity index is 0.000000461. The molecule has 1 unspecified atom stereocenters. The van der Waals surface area contributed by atoms with Crippen LogP contribution in [0.4, 0.5) is 0 Å². The van der Waals surface area contributed by atoms with Crippen LogP contribution in [0.5, 0.6) is 0 Å². The van der Waals surface area contributed by atoms with Crippen molar-refractivity contribution >= 4 is 5.78 Å². The van der Waals surface area contributed by atoms with E-state index < -0.39 is 0 Å². The van der Waals surface area contributed by atoms with Crippen molar-refractivity contribution in [1.29, 1.82) is 0 Å². The molecule has 1 aliphatic rings. The zero-order valence-corrected chi connectivity index (χ0v) is 8.95. The fraction of sp³-hybridized carbons (Fsp3) is 0.545. The largest absolute Gasteiger partial charge is 0.294 e. The summed E-state index contributed by atoms with van der Waals surface area (Å²) in [6.45, 7) is 6.06. The van der Waals surface area contributed by atoms with Gasteiger partial charge in [0.15, 0.2) is 5.78 Å². The van der Waals surface area contributed by atoms with Crippen LogP contribution in [-0.2, 0) is 6.42 Å². The minimum atomic E-state index is 0.207. The number of aromatic nitrogens is 2. The van der Waals surface area contributed by atoms with Crippen molar-refractivity contribution in [2.24, 2.45) is 5.92 Å². The van der Waals surface area contributed by atoms with Gasteiger partial charge >= 0.3 is 0 Å². The van der Waals surface area contributed by atoms with Gasteiger partial charge in [0, 0.05) is 12.0 Å². The fourth-order valence-corrected chi connectivity index (χ4v) is 1.59. The normalized spacial score (nSPS) is 19.4. The zero-order chi connectivity index (χ0) is 10.6. The Kier molecular flexibility index (Phi) is 3.74. The van der Waals surface area contributed by atoms with Gasteiger partial charge in [-0.05, 0) is 18.4 Å². The van der Waals surface area contributed by atoms with Crippen molar-refractivity contribution in [3.05, 3.63) is 23.5 Å². The van der Waals surface area contributed by atoms with Gasteiger partial charge in [-0.2, -0.15) is 10.2 Å². The maximum Gasteiger partial charge on any atom is 0.165 e. The second-order valence-corrected chi connectivity index (χ2v) is 3.33. The Morgan fingerprint density at radius 2 is 2.07 bits per heavy atom. The van der Waals surface area contributed by atoms with Crippen LogP contribution in [0.15, 0.2) is 12.3 Å². The quantitative estimate of drug-likeness (QED) is 0.633. The molecule has 0 N–H and O–H groups in total. The SMILES string of the molecule is CC.CC1CC(=O)c2ccnnc2C1. The molecule has 0 aliphatic heterocycles. The Labute approximate surface area is 84.6 Å². The predicted molar refractivity (Wildman–Crippen MR) is 55.2 cm³/mol. The molecule has 1 atom stereocenters. The predicted octanol–water partition coefficient (Wildman–Crippen LogP) is 2.27. The molecule has 14 heavy (non-hydrogen) atoms. The van der Waals surface area contributed by atoms with E-state index in [1.54, 1.807) is 12.3 Å². The second kappa shape index (κ2) is 4.84. The third kappa shape index (κ3) is 2.16. The van der Waals surface area contributed by atoms with Gasteiger partial charge in [0.05, 0.1) is 11.9 Å². The summed E-state index contributed by atoms with van der Waals surface area (Å²) in [6, 6.07) is 1.76. The van der Waals surface area contributed by atoms with Crippen LogP contribution in [-0.4, -0.2) is 16.0 Å². The number of rotatable bonds is 0. The smallest absolute Gasteiger partial charge is 0.165 e. The molecule has 3 nitrogen and oxygen atoms in total. The summed E-state index contributed by atoms with van der Waals surface area (Å²) in [5.74, 6) is 0.625. The third-order valence-electron chi connectivity index (χ3n) is 2.17. The van der Waals surface area contributed by atoms with E-state index in [1.807, 2.05) is 13.8 Å². The van der Waals surface area contributed by atoms with Crippen LogP contribution in [0.1, 0.15) is 43.2 Å². The molecule has 76 valence electrons. The zero-order valence-electron chi connectivity index (χ0n) is 8.95. The highest BCUT2D eigenvalue weighted by molar-refractivity contribution is 5.98. The summed E-state index contributed by atoms with van der Waals surface area (Å²) >= 11 is 0. The van der Waals surface area contributed by atoms with Crippen LogP contribution in [0.2, 0.25) is 0 Å². The number of nitrogens with zero attached hydrogens (tertiary/aromatic N) is 2. The lowest BCUT2D eigenvalue weighted by Crippen LogP contribution is -2.19. The van der Waals surface area contributed by atoms with Gasteiger partial charge in [0.25, 0.3) is 0 Å². The Morgan fingerprint density at radius 1 is 1.36 bits per heavy atom. The maximum atomic E-state index is 11.4. The number of fused-ring (bicyclic) bond motifs is 1. The fourth-order valence-electron chi connectivity index (χ4n) is 1.59. The van der Waals surface area contributed by atoms with Crippen LogP contribution in [0, 0.1) is 5.92 Å². The van der Waals surface area contributed by atoms with Crippen LogP contribution < -0.4 is 0 Å². The van der Waals surface area contributed by atoms with E-state index in [4.69, 9.17) is 0 Å². The highest BCUT2D eigenvalue weighted by Crippen LogP contribution is 2.22. The van der Waals surface area contributed by atoms with E-state index in [1.165, 1.54) is 0 Å². The first-order valence-electron chi connectivity index (χ1n) is 5.11. The molecule has 0 saturated carbocycles. The molecule has 1 aliphatic carbocycles. The van der Waals surface area contributed by atoms with Crippen LogP contribution >= 0.6 is 0 Å². The molecule has 1 aromatic heterocycles. The van der Waals surface area contributed by atoms with Crippen LogP contribution in [0.3, 0.4) is 0 Å². The minimum Gasteiger partial charge on any atom is -0.294 e. The summed E-state index contributed by atoms with van der Waals surface area (Å²) < 4.78 is 0. The molecular formula is C11H16N2O. The topological polar surface area (TPSA) is 42.9 Å². The molecule has 3 heteroatoms. The van der Waals surface area contributed by atoms with E-state index >= 15 is 0 Å². The molecule has 1 aromatic rings. The van der Waals surface area contributed by atoms with Gasteiger partial charge in [-0.25, -0.2) is 0 Å². The monoisotopic (exact) mass is 192 g/mol. The summed E-state index contributed by atoms with van der Waals surface area (Å²) in [6.07, 6.45) is 3.11. The summed E-state index contributed by atoms with van der Waals surface area (Å²) in [5, 5.41) is 7.71. The van der Waals surface area contributed by atoms with Crippen molar-refractivity contribution in [3.63, 3.8) is 0 Å². The van der Waals surface area contributed by atoms with Gasteiger partial charge < -0.3 is 0 Å². The second-order valence-electron chi connectivity index (χ2n) is 3.33. The first kappa shape index (κ1) is 10.8. The molecule has 2 rings (SSSR count). The van der Waals surface area contributed by atoms with E-state index in [0.29, 0.717) is 12.3 Å². The van der Waals surface area contributed by atoms with Crippen molar-refractivity contribution in [3.8, 4) is 0 Å². The number of hydrogen-bond acceptors (Lipinski definition) is 3. The van der Waals surface area contributed by atoms with E-state index in [2.05, 4.69) is 17.1 Å². The molecule has 0 fully saturated rings. The van der Waals surface area contributed by atoms with Crippen LogP contribution in [0.25, 0.3) is 0 Å². The lowest BCUT2D eigenvalue weighted by molar-refractivity contribution is 0.0951. The van der Waals surface area contributed by atoms with E-state index in [-0.39, 0.29) is 5.78 Å².